The van der Waals surface area contributed by atoms with Crippen LogP contribution < -0.4 is 25.4 Å². The molecule has 3 saturated heterocycles. The number of morpholine rings is 1. The normalized spacial score (nSPS) is 26.2. The van der Waals surface area contributed by atoms with Gasteiger partial charge in [0.15, 0.2) is 5.82 Å². The summed E-state index contributed by atoms with van der Waals surface area (Å²) in [6.07, 6.45) is -10.3. The Morgan fingerprint density at radius 2 is 1.90 bits per heavy atom. The summed E-state index contributed by atoms with van der Waals surface area (Å²) in [6, 6.07) is -1.03. The predicted octanol–water partition coefficient (Wildman–Crippen LogP) is 4.26. The molecule has 3 fully saturated rings. The minimum atomic E-state index is -5.04. The van der Waals surface area contributed by atoms with Crippen LogP contribution in [0.5, 0.6) is 11.9 Å². The third-order valence-electron chi connectivity index (χ3n) is 9.56. The number of hydrogen-bond donors (Lipinski definition) is 2. The van der Waals surface area contributed by atoms with E-state index >= 15 is 4.39 Å². The lowest BCUT2D eigenvalue weighted by Gasteiger charge is -2.42. The van der Waals surface area contributed by atoms with Crippen molar-refractivity contribution in [3.63, 3.8) is 0 Å². The molecule has 11 nitrogen and oxygen atoms in total. The molecule has 0 spiro atoms. The minimum Gasteiger partial charge on any atom is -0.462 e. The number of rotatable bonds is 5. The van der Waals surface area contributed by atoms with E-state index in [2.05, 4.69) is 30.2 Å². The van der Waals surface area contributed by atoms with E-state index < -0.39 is 64.2 Å². The van der Waals surface area contributed by atoms with Crippen LogP contribution in [0.3, 0.4) is 0 Å². The van der Waals surface area contributed by atoms with Gasteiger partial charge in [0.25, 0.3) is 0 Å². The number of anilines is 2. The van der Waals surface area contributed by atoms with E-state index in [9.17, 15) is 26.3 Å². The highest BCUT2D eigenvalue weighted by Crippen LogP contribution is 2.46. The van der Waals surface area contributed by atoms with Gasteiger partial charge in [0, 0.05) is 43.3 Å². The summed E-state index contributed by atoms with van der Waals surface area (Å²) in [6.45, 7) is 4.68. The van der Waals surface area contributed by atoms with Crippen molar-refractivity contribution in [2.75, 3.05) is 50.1 Å². The van der Waals surface area contributed by atoms with Crippen LogP contribution in [-0.2, 0) is 10.9 Å². The number of piperazine rings is 1. The van der Waals surface area contributed by atoms with Crippen LogP contribution in [0, 0.1) is 12.7 Å². The van der Waals surface area contributed by atoms with Crippen molar-refractivity contribution in [2.45, 2.75) is 75.7 Å². The summed E-state index contributed by atoms with van der Waals surface area (Å²) in [4.78, 5) is 20.1. The number of alkyl halides is 6. The van der Waals surface area contributed by atoms with E-state index in [1.807, 2.05) is 6.92 Å². The molecule has 3 N–H and O–H groups in total. The molecule has 3 aromatic heterocycles. The van der Waals surface area contributed by atoms with E-state index in [4.69, 9.17) is 19.9 Å². The van der Waals surface area contributed by atoms with Crippen molar-refractivity contribution in [3.05, 3.63) is 23.1 Å². The van der Waals surface area contributed by atoms with Crippen LogP contribution in [-0.4, -0.2) is 101 Å². The molecule has 0 saturated carbocycles. The van der Waals surface area contributed by atoms with Gasteiger partial charge in [0.1, 0.15) is 34.8 Å². The summed E-state index contributed by atoms with van der Waals surface area (Å²) in [5.74, 6) is -2.59. The lowest BCUT2D eigenvalue weighted by molar-refractivity contribution is -0.201. The Balaban J connectivity index is 1.43. The topological polar surface area (TPSA) is 124 Å². The van der Waals surface area contributed by atoms with Crippen LogP contribution in [0.2, 0.25) is 0 Å². The number of pyridine rings is 2. The zero-order chi connectivity index (χ0) is 34.1. The molecule has 7 rings (SSSR count). The molecule has 0 radical (unpaired) electrons. The van der Waals surface area contributed by atoms with Crippen molar-refractivity contribution >= 4 is 22.5 Å². The first-order valence-electron chi connectivity index (χ1n) is 15.7. The molecule has 4 aliphatic heterocycles. The zero-order valence-corrected chi connectivity index (χ0v) is 26.0. The Labute approximate surface area is 270 Å². The van der Waals surface area contributed by atoms with E-state index in [0.29, 0.717) is 26.2 Å². The summed E-state index contributed by atoms with van der Waals surface area (Å²) in [7, 11) is 0. The van der Waals surface area contributed by atoms with Gasteiger partial charge in [-0.3, -0.25) is 4.90 Å². The lowest BCUT2D eigenvalue weighted by Crippen LogP contribution is -2.64. The maximum atomic E-state index is 16.7. The van der Waals surface area contributed by atoms with Crippen molar-refractivity contribution < 1.29 is 44.9 Å². The standard InChI is InChI=1S/C30H33F7N8O3/c1-3-14-10-45-18(9-39-14)25(30(35,36)37)48-27-20-24(22(31)23(41-27)17-8-19(38)40-13(2)21(17)29(32,33)34)42-28(43-26(20)45)47-12-16-5-4-15-11-46-7-6-44(15)16/h8,14-16,18,25,39H,3-7,9-12H2,1-2H3,(H2,38,40)/t14-,15+,16+,18+,25?/m1/s1. The second-order valence-electron chi connectivity index (χ2n) is 12.5. The van der Waals surface area contributed by atoms with Crippen LogP contribution in [0.15, 0.2) is 6.07 Å². The highest BCUT2D eigenvalue weighted by Gasteiger charge is 2.53. The fraction of sp³-hybridized carbons (Fsp3) is 0.600. The first-order chi connectivity index (χ1) is 22.7. The summed E-state index contributed by atoms with van der Waals surface area (Å²) >= 11 is 0. The fourth-order valence-electron chi connectivity index (χ4n) is 7.28. The van der Waals surface area contributed by atoms with Gasteiger partial charge in [0.05, 0.1) is 30.5 Å². The number of fused-ring (bicyclic) bond motifs is 3. The molecule has 48 heavy (non-hydrogen) atoms. The van der Waals surface area contributed by atoms with Gasteiger partial charge in [-0.05, 0) is 32.3 Å². The van der Waals surface area contributed by atoms with Gasteiger partial charge in [-0.25, -0.2) is 14.4 Å². The Bertz CT molecular complexity index is 1720. The first-order valence-corrected chi connectivity index (χ1v) is 15.7. The Kier molecular flexibility index (Phi) is 8.17. The third-order valence-corrected chi connectivity index (χ3v) is 9.56. The second-order valence-corrected chi connectivity index (χ2v) is 12.5. The number of halogens is 7. The summed E-state index contributed by atoms with van der Waals surface area (Å²) in [5.41, 5.74) is 1.49. The van der Waals surface area contributed by atoms with Gasteiger partial charge >= 0.3 is 18.4 Å². The molecule has 5 atom stereocenters. The molecule has 260 valence electrons. The summed E-state index contributed by atoms with van der Waals surface area (Å²) in [5, 5.41) is 2.79. The number of ether oxygens (including phenoxy) is 3. The largest absolute Gasteiger partial charge is 0.462 e. The molecule has 0 amide bonds. The van der Waals surface area contributed by atoms with Crippen LogP contribution >= 0.6 is 0 Å². The molecule has 4 aliphatic rings. The average Bonchev–Trinajstić information content (AvgIpc) is 3.38. The van der Waals surface area contributed by atoms with Crippen LogP contribution in [0.4, 0.5) is 42.4 Å². The second kappa shape index (κ2) is 12.0. The highest BCUT2D eigenvalue weighted by molar-refractivity contribution is 5.97. The van der Waals surface area contributed by atoms with E-state index in [0.717, 1.165) is 25.8 Å². The Morgan fingerprint density at radius 3 is 2.62 bits per heavy atom. The predicted molar refractivity (Wildman–Crippen MR) is 158 cm³/mol. The van der Waals surface area contributed by atoms with Crippen molar-refractivity contribution in [2.24, 2.45) is 0 Å². The molecule has 0 aromatic carbocycles. The zero-order valence-electron chi connectivity index (χ0n) is 26.0. The number of nitrogens with two attached hydrogens (primary N) is 1. The van der Waals surface area contributed by atoms with Crippen LogP contribution in [0.1, 0.15) is 37.4 Å². The quantitative estimate of drug-likeness (QED) is 0.375. The summed E-state index contributed by atoms with van der Waals surface area (Å²) < 4.78 is 121. The number of hydrogen-bond acceptors (Lipinski definition) is 11. The van der Waals surface area contributed by atoms with Gasteiger partial charge in [-0.1, -0.05) is 6.92 Å². The molecule has 3 aromatic rings. The average molecular weight is 687 g/mol. The molecule has 0 bridgehead atoms. The van der Waals surface area contributed by atoms with Gasteiger partial charge in [-0.15, -0.1) is 0 Å². The monoisotopic (exact) mass is 686 g/mol. The SMILES string of the molecule is CC[C@@H]1CN2c3nc(OC[C@@H]4CC[C@H]5COCCN54)nc4c(F)c(-c5cc(N)nc(C)c5C(F)(F)F)nc(c34)OC(C(F)(F)F)[C@@H]2CN1. The highest BCUT2D eigenvalue weighted by atomic mass is 19.4. The Morgan fingerprint density at radius 1 is 1.10 bits per heavy atom. The smallest absolute Gasteiger partial charge is 0.427 e. The van der Waals surface area contributed by atoms with Crippen LogP contribution in [0.25, 0.3) is 22.2 Å². The molecule has 0 aliphatic carbocycles. The molecule has 18 heteroatoms. The maximum absolute atomic E-state index is 16.7. The van der Waals surface area contributed by atoms with E-state index in [1.165, 1.54) is 4.90 Å². The molecule has 7 heterocycles. The molecular weight excluding hydrogens is 653 g/mol. The lowest BCUT2D eigenvalue weighted by atomic mass is 10.0. The van der Waals surface area contributed by atoms with E-state index in [-0.39, 0.29) is 60.9 Å². The number of nitrogen functional groups attached to an aromatic ring is 1. The van der Waals surface area contributed by atoms with Crippen molar-refractivity contribution in [1.82, 2.24) is 30.2 Å². The number of nitrogens with one attached hydrogen (secondary N) is 1. The van der Waals surface area contributed by atoms with Gasteiger partial charge in [-0.2, -0.15) is 36.3 Å². The number of aromatic nitrogens is 4. The third kappa shape index (κ3) is 5.70. The van der Waals surface area contributed by atoms with Gasteiger partial charge in [0.2, 0.25) is 12.0 Å². The number of aryl methyl sites for hydroxylation is 1. The number of nitrogens with zero attached hydrogens (tertiary/aromatic N) is 6. The molecular formula is C30H33F7N8O3. The Hall–Kier alpha value is -3.77. The van der Waals surface area contributed by atoms with Gasteiger partial charge < -0.3 is 30.2 Å². The first kappa shape index (κ1) is 32.8. The minimum absolute atomic E-state index is 0.0435. The van der Waals surface area contributed by atoms with Crippen molar-refractivity contribution in [3.8, 4) is 23.1 Å². The van der Waals surface area contributed by atoms with Crippen molar-refractivity contribution in [1.29, 1.82) is 0 Å². The maximum Gasteiger partial charge on any atom is 0.427 e. The molecule has 1 unspecified atom stereocenters. The van der Waals surface area contributed by atoms with E-state index in [1.54, 1.807) is 0 Å². The fourth-order valence-corrected chi connectivity index (χ4v) is 7.28.